The number of rotatable bonds is 5. The lowest BCUT2D eigenvalue weighted by atomic mass is 10.1. The number of amides is 1. The van der Waals surface area contributed by atoms with Gasteiger partial charge >= 0.3 is 0 Å². The van der Waals surface area contributed by atoms with Crippen molar-refractivity contribution < 1.29 is 9.32 Å². The fourth-order valence-corrected chi connectivity index (χ4v) is 2.84. The van der Waals surface area contributed by atoms with Gasteiger partial charge in [-0.15, -0.1) is 12.4 Å². The van der Waals surface area contributed by atoms with Crippen LogP contribution in [-0.4, -0.2) is 11.1 Å². The molecule has 0 aliphatic carbocycles. The van der Waals surface area contributed by atoms with E-state index in [-0.39, 0.29) is 18.3 Å². The quantitative estimate of drug-likeness (QED) is 0.881. The standard InChI is InChI=1S/C17H21N3O2.ClH/c1-11-16(12(2)22-20-11)5-6-17(21)19-8-13-3-4-14-9-18-10-15(14)7-13;/h3-4,7,18H,5-6,8-10H2,1-2H3,(H,19,21);1H. The second-order valence-electron chi connectivity index (χ2n) is 5.79. The summed E-state index contributed by atoms with van der Waals surface area (Å²) in [6.07, 6.45) is 1.12. The Kier molecular flexibility index (Phi) is 5.80. The minimum absolute atomic E-state index is 0. The van der Waals surface area contributed by atoms with Crippen molar-refractivity contribution in [2.24, 2.45) is 0 Å². The Morgan fingerprint density at radius 3 is 2.83 bits per heavy atom. The van der Waals surface area contributed by atoms with Crippen LogP contribution in [0.4, 0.5) is 0 Å². The number of fused-ring (bicyclic) bond motifs is 1. The Labute approximate surface area is 142 Å². The smallest absolute Gasteiger partial charge is 0.220 e. The van der Waals surface area contributed by atoms with Gasteiger partial charge in [0, 0.05) is 31.6 Å². The van der Waals surface area contributed by atoms with E-state index in [9.17, 15) is 4.79 Å². The molecule has 3 rings (SSSR count). The first-order valence-corrected chi connectivity index (χ1v) is 7.63. The minimum atomic E-state index is 0. The number of hydrogen-bond donors (Lipinski definition) is 2. The lowest BCUT2D eigenvalue weighted by Gasteiger charge is -2.07. The second kappa shape index (κ2) is 7.62. The Bertz CT molecular complexity index is 678. The molecule has 0 atom stereocenters. The van der Waals surface area contributed by atoms with Crippen molar-refractivity contribution in [1.29, 1.82) is 0 Å². The number of carbonyl (C=O) groups is 1. The number of benzene rings is 1. The summed E-state index contributed by atoms with van der Waals surface area (Å²) >= 11 is 0. The molecule has 1 aliphatic heterocycles. The maximum absolute atomic E-state index is 12.0. The number of hydrogen-bond acceptors (Lipinski definition) is 4. The molecule has 5 nitrogen and oxygen atoms in total. The summed E-state index contributed by atoms with van der Waals surface area (Å²) in [6, 6.07) is 6.39. The van der Waals surface area contributed by atoms with Crippen molar-refractivity contribution in [2.75, 3.05) is 0 Å². The molecule has 2 heterocycles. The predicted molar refractivity (Wildman–Crippen MR) is 90.4 cm³/mol. The van der Waals surface area contributed by atoms with Gasteiger partial charge in [0.15, 0.2) is 0 Å². The van der Waals surface area contributed by atoms with Gasteiger partial charge in [-0.1, -0.05) is 23.4 Å². The van der Waals surface area contributed by atoms with E-state index in [2.05, 4.69) is 34.0 Å². The summed E-state index contributed by atoms with van der Waals surface area (Å²) in [6.45, 7) is 6.23. The molecule has 0 fully saturated rings. The predicted octanol–water partition coefficient (Wildman–Crippen LogP) is 2.57. The third kappa shape index (κ3) is 4.12. The minimum Gasteiger partial charge on any atom is -0.361 e. The van der Waals surface area contributed by atoms with E-state index in [1.807, 2.05) is 13.8 Å². The summed E-state index contributed by atoms with van der Waals surface area (Å²) in [5.74, 6) is 0.857. The molecule has 124 valence electrons. The molecule has 0 spiro atoms. The average Bonchev–Trinajstić information content (AvgIpc) is 3.10. The van der Waals surface area contributed by atoms with Crippen molar-refractivity contribution in [2.45, 2.75) is 46.3 Å². The Morgan fingerprint density at radius 2 is 2.09 bits per heavy atom. The fourth-order valence-electron chi connectivity index (χ4n) is 2.84. The normalized spacial score (nSPS) is 12.6. The molecule has 1 aliphatic rings. The molecule has 23 heavy (non-hydrogen) atoms. The zero-order chi connectivity index (χ0) is 15.5. The van der Waals surface area contributed by atoms with E-state index in [0.29, 0.717) is 19.4 Å². The van der Waals surface area contributed by atoms with E-state index in [1.165, 1.54) is 11.1 Å². The topological polar surface area (TPSA) is 67.2 Å². The van der Waals surface area contributed by atoms with E-state index in [0.717, 1.165) is 35.7 Å². The second-order valence-corrected chi connectivity index (χ2v) is 5.79. The van der Waals surface area contributed by atoms with Crippen LogP contribution in [0.1, 0.15) is 40.1 Å². The van der Waals surface area contributed by atoms with Gasteiger partial charge in [-0.05, 0) is 37.0 Å². The monoisotopic (exact) mass is 335 g/mol. The highest BCUT2D eigenvalue weighted by molar-refractivity contribution is 5.85. The highest BCUT2D eigenvalue weighted by Gasteiger charge is 2.12. The van der Waals surface area contributed by atoms with Crippen molar-refractivity contribution in [1.82, 2.24) is 15.8 Å². The van der Waals surface area contributed by atoms with E-state index >= 15 is 0 Å². The van der Waals surface area contributed by atoms with Gasteiger partial charge in [-0.3, -0.25) is 4.79 Å². The van der Waals surface area contributed by atoms with Crippen molar-refractivity contribution >= 4 is 18.3 Å². The number of nitrogens with zero attached hydrogens (tertiary/aromatic N) is 1. The lowest BCUT2D eigenvalue weighted by Crippen LogP contribution is -2.23. The molecule has 1 amide bonds. The van der Waals surface area contributed by atoms with Crippen LogP contribution in [0.5, 0.6) is 0 Å². The Morgan fingerprint density at radius 1 is 1.30 bits per heavy atom. The van der Waals surface area contributed by atoms with Gasteiger partial charge < -0.3 is 15.2 Å². The van der Waals surface area contributed by atoms with E-state index < -0.39 is 0 Å². The van der Waals surface area contributed by atoms with Crippen LogP contribution in [0.2, 0.25) is 0 Å². The molecule has 6 heteroatoms. The van der Waals surface area contributed by atoms with Gasteiger partial charge in [0.1, 0.15) is 5.76 Å². The summed E-state index contributed by atoms with van der Waals surface area (Å²) in [5, 5.41) is 10.2. The van der Waals surface area contributed by atoms with Gasteiger partial charge in [0.25, 0.3) is 0 Å². The molecular formula is C17H22ClN3O2. The number of aryl methyl sites for hydroxylation is 2. The maximum atomic E-state index is 12.0. The van der Waals surface area contributed by atoms with E-state index in [4.69, 9.17) is 4.52 Å². The van der Waals surface area contributed by atoms with Gasteiger partial charge in [-0.2, -0.15) is 0 Å². The zero-order valence-corrected chi connectivity index (χ0v) is 14.3. The zero-order valence-electron chi connectivity index (χ0n) is 13.4. The van der Waals surface area contributed by atoms with Crippen LogP contribution in [0.15, 0.2) is 22.7 Å². The summed E-state index contributed by atoms with van der Waals surface area (Å²) < 4.78 is 5.11. The summed E-state index contributed by atoms with van der Waals surface area (Å²) in [4.78, 5) is 12.0. The Balaban J connectivity index is 0.00000192. The molecule has 2 aromatic rings. The molecule has 0 unspecified atom stereocenters. The molecule has 0 saturated heterocycles. The summed E-state index contributed by atoms with van der Waals surface area (Å²) in [5.41, 5.74) is 5.75. The van der Waals surface area contributed by atoms with Crippen molar-refractivity contribution in [3.63, 3.8) is 0 Å². The highest BCUT2D eigenvalue weighted by atomic mass is 35.5. The van der Waals surface area contributed by atoms with Gasteiger partial charge in [-0.25, -0.2) is 0 Å². The molecule has 0 saturated carbocycles. The average molecular weight is 336 g/mol. The molecule has 0 bridgehead atoms. The summed E-state index contributed by atoms with van der Waals surface area (Å²) in [7, 11) is 0. The molecule has 1 aromatic carbocycles. The van der Waals surface area contributed by atoms with Crippen LogP contribution in [0, 0.1) is 13.8 Å². The van der Waals surface area contributed by atoms with Crippen LogP contribution in [0.3, 0.4) is 0 Å². The molecular weight excluding hydrogens is 314 g/mol. The number of aromatic nitrogens is 1. The number of nitrogens with one attached hydrogen (secondary N) is 2. The SMILES string of the molecule is Cc1noc(C)c1CCC(=O)NCc1ccc2c(c1)CNC2.Cl. The van der Waals surface area contributed by atoms with Crippen LogP contribution in [-0.2, 0) is 30.8 Å². The van der Waals surface area contributed by atoms with Crippen LogP contribution >= 0.6 is 12.4 Å². The Hall–Kier alpha value is -1.85. The van der Waals surface area contributed by atoms with E-state index in [1.54, 1.807) is 0 Å². The van der Waals surface area contributed by atoms with Crippen molar-refractivity contribution in [3.05, 3.63) is 51.9 Å². The molecule has 1 aromatic heterocycles. The first-order chi connectivity index (χ1) is 10.6. The maximum Gasteiger partial charge on any atom is 0.220 e. The van der Waals surface area contributed by atoms with Crippen LogP contribution in [0.25, 0.3) is 0 Å². The molecule has 2 N–H and O–H groups in total. The third-order valence-corrected chi connectivity index (χ3v) is 4.17. The fraction of sp³-hybridized carbons (Fsp3) is 0.412. The first-order valence-electron chi connectivity index (χ1n) is 7.63. The number of halogens is 1. The highest BCUT2D eigenvalue weighted by Crippen LogP contribution is 2.17. The largest absolute Gasteiger partial charge is 0.361 e. The van der Waals surface area contributed by atoms with Gasteiger partial charge in [0.2, 0.25) is 5.91 Å². The van der Waals surface area contributed by atoms with Gasteiger partial charge in [0.05, 0.1) is 5.69 Å². The van der Waals surface area contributed by atoms with Crippen LogP contribution < -0.4 is 10.6 Å². The first kappa shape index (κ1) is 17.5. The lowest BCUT2D eigenvalue weighted by molar-refractivity contribution is -0.121. The van der Waals surface area contributed by atoms with Crippen molar-refractivity contribution in [3.8, 4) is 0 Å². The molecule has 0 radical (unpaired) electrons. The third-order valence-electron chi connectivity index (χ3n) is 4.17. The number of carbonyl (C=O) groups excluding carboxylic acids is 1.